The van der Waals surface area contributed by atoms with Crippen LogP contribution in [0.5, 0.6) is 11.5 Å². The van der Waals surface area contributed by atoms with Crippen molar-refractivity contribution in [2.45, 2.75) is 25.7 Å². The highest BCUT2D eigenvalue weighted by molar-refractivity contribution is 5.91. The van der Waals surface area contributed by atoms with Crippen molar-refractivity contribution in [2.75, 3.05) is 27.4 Å². The van der Waals surface area contributed by atoms with Crippen molar-refractivity contribution in [1.29, 1.82) is 0 Å². The fraction of sp³-hybridized carbons (Fsp3) is 0.400. The van der Waals surface area contributed by atoms with Crippen LogP contribution >= 0.6 is 0 Å². The third-order valence-corrected chi connectivity index (χ3v) is 4.62. The van der Waals surface area contributed by atoms with Crippen molar-refractivity contribution in [1.82, 2.24) is 15.1 Å². The van der Waals surface area contributed by atoms with E-state index in [0.29, 0.717) is 30.2 Å². The van der Waals surface area contributed by atoms with Crippen LogP contribution in [0.2, 0.25) is 0 Å². The lowest BCUT2D eigenvalue weighted by molar-refractivity contribution is -0.142. The molecule has 1 aliphatic rings. The van der Waals surface area contributed by atoms with Crippen molar-refractivity contribution in [3.63, 3.8) is 0 Å². The number of benzene rings is 1. The highest BCUT2D eigenvalue weighted by Crippen LogP contribution is 2.34. The number of carbonyl (C=O) groups excluding carboxylic acids is 1. The fourth-order valence-electron chi connectivity index (χ4n) is 3.19. The summed E-state index contributed by atoms with van der Waals surface area (Å²) < 4.78 is 56.3. The molecule has 0 bridgehead atoms. The standard InChI is InChI=1S/C20H22F3N3O4/c1-28-16-5-3-13(11-17(16)29-2)4-6-18(27)24-8-9-26-15-7-10-30-12-14(15)19(25-26)20(21,22)23/h3-6,11H,7-10,12H2,1-2H3,(H,24,27)/b6-4+. The van der Waals surface area contributed by atoms with Crippen LogP contribution in [0.3, 0.4) is 0 Å². The molecule has 30 heavy (non-hydrogen) atoms. The van der Waals surface area contributed by atoms with Gasteiger partial charge in [0.1, 0.15) is 0 Å². The Balaban J connectivity index is 1.60. The maximum Gasteiger partial charge on any atom is 0.435 e. The fourth-order valence-corrected chi connectivity index (χ4v) is 3.19. The van der Waals surface area contributed by atoms with Crippen LogP contribution in [-0.2, 0) is 35.3 Å². The zero-order valence-corrected chi connectivity index (χ0v) is 16.6. The van der Waals surface area contributed by atoms with Gasteiger partial charge in [0.05, 0.1) is 34.0 Å². The SMILES string of the molecule is COc1ccc(/C=C/C(=O)NCCn2nc(C(F)(F)F)c3c2CCOC3)cc1OC. The van der Waals surface area contributed by atoms with Gasteiger partial charge in [0.25, 0.3) is 0 Å². The molecule has 0 saturated carbocycles. The largest absolute Gasteiger partial charge is 0.493 e. The number of hydrogen-bond donors (Lipinski definition) is 1. The molecule has 162 valence electrons. The average Bonchev–Trinajstić information content (AvgIpc) is 3.11. The molecule has 10 heteroatoms. The normalized spacial score (nSPS) is 13.9. The summed E-state index contributed by atoms with van der Waals surface area (Å²) in [5.74, 6) is 0.739. The molecule has 1 aromatic carbocycles. The second kappa shape index (κ2) is 9.21. The van der Waals surface area contributed by atoms with Crippen LogP contribution in [0.25, 0.3) is 6.08 Å². The van der Waals surface area contributed by atoms with Gasteiger partial charge in [0.15, 0.2) is 17.2 Å². The van der Waals surface area contributed by atoms with E-state index < -0.39 is 11.9 Å². The highest BCUT2D eigenvalue weighted by atomic mass is 19.4. The first-order valence-electron chi connectivity index (χ1n) is 9.25. The molecule has 1 N–H and O–H groups in total. The first kappa shape index (κ1) is 21.7. The molecule has 0 spiro atoms. The molecule has 2 heterocycles. The van der Waals surface area contributed by atoms with Crippen molar-refractivity contribution in [3.05, 3.63) is 46.8 Å². The number of rotatable bonds is 7. The number of nitrogens with zero attached hydrogens (tertiary/aromatic N) is 2. The van der Waals surface area contributed by atoms with Crippen LogP contribution in [0.1, 0.15) is 22.5 Å². The molecule has 0 aliphatic carbocycles. The Morgan fingerprint density at radius 1 is 1.30 bits per heavy atom. The van der Waals surface area contributed by atoms with Gasteiger partial charge in [-0.1, -0.05) is 6.07 Å². The molecule has 2 aromatic rings. The lowest BCUT2D eigenvalue weighted by atomic mass is 10.1. The van der Waals surface area contributed by atoms with Gasteiger partial charge >= 0.3 is 6.18 Å². The number of fused-ring (bicyclic) bond motifs is 1. The second-order valence-electron chi connectivity index (χ2n) is 6.54. The van der Waals surface area contributed by atoms with Gasteiger partial charge < -0.3 is 19.5 Å². The van der Waals surface area contributed by atoms with Crippen LogP contribution in [0.15, 0.2) is 24.3 Å². The summed E-state index contributed by atoms with van der Waals surface area (Å²) in [5.41, 5.74) is 0.396. The first-order valence-corrected chi connectivity index (χ1v) is 9.25. The number of alkyl halides is 3. The maximum atomic E-state index is 13.2. The van der Waals surface area contributed by atoms with Gasteiger partial charge in [0.2, 0.25) is 5.91 Å². The third-order valence-electron chi connectivity index (χ3n) is 4.62. The van der Waals surface area contributed by atoms with E-state index in [4.69, 9.17) is 14.2 Å². The number of aromatic nitrogens is 2. The van der Waals surface area contributed by atoms with E-state index in [-0.39, 0.29) is 31.2 Å². The molecular formula is C20H22F3N3O4. The number of nitrogens with one attached hydrogen (secondary N) is 1. The molecule has 3 rings (SSSR count). The Morgan fingerprint density at radius 3 is 2.77 bits per heavy atom. The minimum atomic E-state index is -4.54. The number of hydrogen-bond acceptors (Lipinski definition) is 5. The number of amides is 1. The summed E-state index contributed by atoms with van der Waals surface area (Å²) in [6.07, 6.45) is -1.24. The highest BCUT2D eigenvalue weighted by Gasteiger charge is 2.39. The van der Waals surface area contributed by atoms with E-state index in [9.17, 15) is 18.0 Å². The molecule has 0 atom stereocenters. The molecule has 1 aliphatic heterocycles. The van der Waals surface area contributed by atoms with Crippen molar-refractivity contribution in [2.24, 2.45) is 0 Å². The van der Waals surface area contributed by atoms with Crippen LogP contribution in [-0.4, -0.2) is 43.1 Å². The van der Waals surface area contributed by atoms with Crippen molar-refractivity contribution >= 4 is 12.0 Å². The van der Waals surface area contributed by atoms with Gasteiger partial charge in [-0.3, -0.25) is 9.48 Å². The Labute approximate surface area is 171 Å². The van der Waals surface area contributed by atoms with E-state index in [2.05, 4.69) is 10.4 Å². The quantitative estimate of drug-likeness (QED) is 0.691. The summed E-state index contributed by atoms with van der Waals surface area (Å²) in [6.45, 7) is 0.511. The molecule has 7 nitrogen and oxygen atoms in total. The lowest BCUT2D eigenvalue weighted by Gasteiger charge is -2.15. The molecule has 0 unspecified atom stereocenters. The maximum absolute atomic E-state index is 13.2. The van der Waals surface area contributed by atoms with E-state index in [1.165, 1.54) is 25.0 Å². The predicted molar refractivity (Wildman–Crippen MR) is 102 cm³/mol. The minimum Gasteiger partial charge on any atom is -0.493 e. The summed E-state index contributed by atoms with van der Waals surface area (Å²) in [7, 11) is 3.05. The number of carbonyl (C=O) groups is 1. The van der Waals surface area contributed by atoms with Crippen LogP contribution < -0.4 is 14.8 Å². The average molecular weight is 425 g/mol. The minimum absolute atomic E-state index is 0.0772. The first-order chi connectivity index (χ1) is 14.3. The van der Waals surface area contributed by atoms with E-state index in [1.54, 1.807) is 24.3 Å². The van der Waals surface area contributed by atoms with Gasteiger partial charge in [-0.05, 0) is 23.8 Å². The number of methoxy groups -OCH3 is 2. The van der Waals surface area contributed by atoms with Crippen molar-refractivity contribution < 1.29 is 32.2 Å². The summed E-state index contributed by atoms with van der Waals surface area (Å²) in [4.78, 5) is 12.1. The number of halogens is 3. The Bertz CT molecular complexity index is 938. The number of ether oxygens (including phenoxy) is 3. The molecule has 1 amide bonds. The molecule has 1 aromatic heterocycles. The van der Waals surface area contributed by atoms with Gasteiger partial charge in [-0.2, -0.15) is 18.3 Å². The van der Waals surface area contributed by atoms with E-state index >= 15 is 0 Å². The predicted octanol–water partition coefficient (Wildman–Crippen LogP) is 2.82. The Morgan fingerprint density at radius 2 is 2.07 bits per heavy atom. The second-order valence-corrected chi connectivity index (χ2v) is 6.54. The van der Waals surface area contributed by atoms with E-state index in [0.717, 1.165) is 5.56 Å². The van der Waals surface area contributed by atoms with Gasteiger partial charge in [-0.15, -0.1) is 0 Å². The molecule has 0 radical (unpaired) electrons. The van der Waals surface area contributed by atoms with Crippen LogP contribution in [0.4, 0.5) is 13.2 Å². The Hall–Kier alpha value is -3.01. The zero-order chi connectivity index (χ0) is 21.7. The molecular weight excluding hydrogens is 403 g/mol. The van der Waals surface area contributed by atoms with Gasteiger partial charge in [-0.25, -0.2) is 0 Å². The molecule has 0 saturated heterocycles. The van der Waals surface area contributed by atoms with Gasteiger partial charge in [0, 0.05) is 30.3 Å². The topological polar surface area (TPSA) is 74.6 Å². The Kier molecular flexibility index (Phi) is 6.66. The summed E-state index contributed by atoms with van der Waals surface area (Å²) >= 11 is 0. The summed E-state index contributed by atoms with van der Waals surface area (Å²) in [6, 6.07) is 5.21. The monoisotopic (exact) mass is 425 g/mol. The smallest absolute Gasteiger partial charge is 0.435 e. The van der Waals surface area contributed by atoms with Crippen LogP contribution in [0, 0.1) is 0 Å². The van der Waals surface area contributed by atoms with Crippen molar-refractivity contribution in [3.8, 4) is 11.5 Å². The zero-order valence-electron chi connectivity index (χ0n) is 16.6. The summed E-state index contributed by atoms with van der Waals surface area (Å²) in [5, 5.41) is 6.36. The lowest BCUT2D eigenvalue weighted by Crippen LogP contribution is -2.27. The van der Waals surface area contributed by atoms with E-state index in [1.807, 2.05) is 0 Å². The molecule has 0 fully saturated rings. The third kappa shape index (κ3) is 4.93.